The van der Waals surface area contributed by atoms with Crippen molar-refractivity contribution in [3.05, 3.63) is 48.5 Å². The third-order valence-electron chi connectivity index (χ3n) is 4.73. The van der Waals surface area contributed by atoms with Crippen molar-refractivity contribution in [2.75, 3.05) is 36.3 Å². The fourth-order valence-corrected chi connectivity index (χ4v) is 4.16. The normalized spacial score (nSPS) is 18.1. The van der Waals surface area contributed by atoms with Gasteiger partial charge in [-0.25, -0.2) is 8.42 Å². The minimum absolute atomic E-state index is 0. The van der Waals surface area contributed by atoms with Gasteiger partial charge in [-0.3, -0.25) is 10.0 Å². The molecule has 3 radical (unpaired) electrons. The van der Waals surface area contributed by atoms with Crippen LogP contribution in [0.4, 0.5) is 11.4 Å². The summed E-state index contributed by atoms with van der Waals surface area (Å²) in [6.45, 7) is 13.3. The molecule has 2 atom stereocenters. The summed E-state index contributed by atoms with van der Waals surface area (Å²) in [4.78, 5) is 0.362. The van der Waals surface area contributed by atoms with Crippen LogP contribution < -0.4 is 10.0 Å². The maximum atomic E-state index is 12.9. The number of sulfone groups is 1. The fourth-order valence-electron chi connectivity index (χ4n) is 2.90. The minimum atomic E-state index is -3.67. The predicted molar refractivity (Wildman–Crippen MR) is 109 cm³/mol. The number of epoxide rings is 2. The number of hydrazone groups is 2. The first-order chi connectivity index (χ1) is 14.0. The van der Waals surface area contributed by atoms with Crippen LogP contribution in [0.15, 0.2) is 68.5 Å². The second-order valence-corrected chi connectivity index (χ2v) is 8.75. The maximum absolute atomic E-state index is 12.9. The molecule has 32 heavy (non-hydrogen) atoms. The monoisotopic (exact) mass is 679 g/mol. The molecule has 0 bridgehead atoms. The van der Waals surface area contributed by atoms with Gasteiger partial charge in [-0.1, -0.05) is 0 Å². The number of hydrogen-bond acceptors (Lipinski definition) is 8. The molecule has 2 saturated heterocycles. The Morgan fingerprint density at radius 2 is 1.06 bits per heavy atom. The molecule has 2 heterocycles. The number of hydrogen-bond donors (Lipinski definition) is 0. The Balaban J connectivity index is 0.00000171. The van der Waals surface area contributed by atoms with Crippen molar-refractivity contribution in [1.82, 2.24) is 0 Å². The average molecular weight is 679 g/mol. The molecule has 0 N–H and O–H groups in total. The van der Waals surface area contributed by atoms with Crippen molar-refractivity contribution in [2.24, 2.45) is 10.2 Å². The van der Waals surface area contributed by atoms with E-state index in [2.05, 4.69) is 10.2 Å². The van der Waals surface area contributed by atoms with Crippen LogP contribution >= 0.6 is 0 Å². The molecule has 2 fully saturated rings. The van der Waals surface area contributed by atoms with Gasteiger partial charge in [0.2, 0.25) is 9.84 Å². The van der Waals surface area contributed by atoms with Gasteiger partial charge in [0.05, 0.1) is 47.5 Å². The third kappa shape index (κ3) is 7.79. The van der Waals surface area contributed by atoms with E-state index in [1.54, 1.807) is 34.3 Å². The first kappa shape index (κ1) is 30.6. The molecule has 2 aromatic rings. The van der Waals surface area contributed by atoms with Gasteiger partial charge in [0.25, 0.3) is 0 Å². The van der Waals surface area contributed by atoms with Crippen molar-refractivity contribution < 1.29 is 116 Å². The Morgan fingerprint density at radius 1 is 0.750 bits per heavy atom. The number of nitrogens with zero attached hydrogens (tertiary/aromatic N) is 4. The molecule has 12 heteroatoms. The quantitative estimate of drug-likeness (QED) is 0.165. The molecule has 161 valence electrons. The molecule has 0 aliphatic carbocycles. The van der Waals surface area contributed by atoms with Gasteiger partial charge in [-0.05, 0) is 48.5 Å². The van der Waals surface area contributed by atoms with E-state index in [-0.39, 0.29) is 120 Å². The molecular formula is C20H20N4O4SY3-2. The number of ether oxygens (including phenoxy) is 2. The molecule has 2 aliphatic rings. The van der Waals surface area contributed by atoms with E-state index in [1.807, 2.05) is 0 Å². The van der Waals surface area contributed by atoms with E-state index in [1.165, 1.54) is 24.3 Å². The van der Waals surface area contributed by atoms with Gasteiger partial charge >= 0.3 is 0 Å². The van der Waals surface area contributed by atoms with Crippen molar-refractivity contribution >= 4 is 34.6 Å². The predicted octanol–water partition coefficient (Wildman–Crippen LogP) is 1.91. The molecular weight excluding hydrogens is 659 g/mol. The Morgan fingerprint density at radius 3 is 1.31 bits per heavy atom. The first-order valence-electron chi connectivity index (χ1n) is 9.06. The van der Waals surface area contributed by atoms with E-state index in [9.17, 15) is 8.42 Å². The van der Waals surface area contributed by atoms with E-state index in [0.29, 0.717) is 37.7 Å². The zero-order valence-electron chi connectivity index (χ0n) is 17.3. The molecule has 2 aliphatic heterocycles. The summed E-state index contributed by atoms with van der Waals surface area (Å²) in [5.74, 6) is 0. The summed E-state index contributed by atoms with van der Waals surface area (Å²) in [5, 5.41) is 10.6. The van der Waals surface area contributed by atoms with E-state index < -0.39 is 9.84 Å². The molecule has 2 aromatic carbocycles. The van der Waals surface area contributed by atoms with Crippen molar-refractivity contribution in [2.45, 2.75) is 22.0 Å². The van der Waals surface area contributed by atoms with Crippen molar-refractivity contribution in [3.8, 4) is 0 Å². The zero-order valence-corrected chi connectivity index (χ0v) is 26.7. The third-order valence-corrected chi connectivity index (χ3v) is 6.51. The second kappa shape index (κ2) is 13.6. The second-order valence-electron chi connectivity index (χ2n) is 6.80. The Bertz CT molecular complexity index is 923. The largest absolute Gasteiger partial charge is 0.400 e. The summed E-state index contributed by atoms with van der Waals surface area (Å²) >= 11 is 0. The number of rotatable bonds is 10. The molecule has 0 saturated carbocycles. The summed E-state index contributed by atoms with van der Waals surface area (Å²) in [6.07, 6.45) is 0.214. The SMILES string of the molecule is [CH-]=NN(CC1CO1)c1ccc(S(=O)(=O)c2ccc(N(CC3CO3)N=[CH-])cc2)cc1.[Y].[Y].[Y]. The van der Waals surface area contributed by atoms with Gasteiger partial charge in [-0.2, -0.15) is 0 Å². The van der Waals surface area contributed by atoms with Gasteiger partial charge in [-0.15, -0.1) is 0 Å². The first-order valence-corrected chi connectivity index (χ1v) is 10.5. The zero-order chi connectivity index (χ0) is 20.4. The summed E-state index contributed by atoms with van der Waals surface area (Å²) in [5.41, 5.74) is 1.39. The molecule has 4 rings (SSSR count). The van der Waals surface area contributed by atoms with Crippen molar-refractivity contribution in [1.29, 1.82) is 0 Å². The van der Waals surface area contributed by atoms with Crippen LogP contribution in [0.1, 0.15) is 0 Å². The average Bonchev–Trinajstić information content (AvgIpc) is 3.66. The molecule has 0 amide bonds. The molecule has 2 unspecified atom stereocenters. The van der Waals surface area contributed by atoms with Gasteiger partial charge in [0.1, 0.15) is 12.2 Å². The van der Waals surface area contributed by atoms with Gasteiger partial charge in [0, 0.05) is 98.1 Å². The Kier molecular flexibility index (Phi) is 13.0. The van der Waals surface area contributed by atoms with Crippen LogP contribution in [-0.4, -0.2) is 60.4 Å². The van der Waals surface area contributed by atoms with E-state index in [0.717, 1.165) is 0 Å². The van der Waals surface area contributed by atoms with Crippen LogP contribution in [0.5, 0.6) is 0 Å². The van der Waals surface area contributed by atoms with Crippen LogP contribution in [0.25, 0.3) is 0 Å². The smallest absolute Gasteiger partial charge is 0.206 e. The van der Waals surface area contributed by atoms with E-state index in [4.69, 9.17) is 22.9 Å². The summed E-state index contributed by atoms with van der Waals surface area (Å²) in [7, 11) is -3.67. The van der Waals surface area contributed by atoms with E-state index >= 15 is 0 Å². The Labute approximate surface area is 264 Å². The minimum Gasteiger partial charge on any atom is -0.400 e. The van der Waals surface area contributed by atoms with Crippen LogP contribution in [0, 0.1) is 0 Å². The fraction of sp³-hybridized carbons (Fsp3) is 0.300. The number of benzene rings is 2. The van der Waals surface area contributed by atoms with Crippen molar-refractivity contribution in [3.63, 3.8) is 0 Å². The molecule has 0 spiro atoms. The van der Waals surface area contributed by atoms with Crippen LogP contribution in [-0.2, 0) is 117 Å². The molecule has 8 nitrogen and oxygen atoms in total. The van der Waals surface area contributed by atoms with Crippen LogP contribution in [0.2, 0.25) is 0 Å². The van der Waals surface area contributed by atoms with Crippen LogP contribution in [0.3, 0.4) is 0 Å². The maximum Gasteiger partial charge on any atom is 0.206 e. The molecule has 0 aromatic heterocycles. The summed E-state index contributed by atoms with van der Waals surface area (Å²) < 4.78 is 36.3. The summed E-state index contributed by atoms with van der Waals surface area (Å²) in [6, 6.07) is 12.8. The van der Waals surface area contributed by atoms with Gasteiger partial charge < -0.3 is 33.1 Å². The number of anilines is 2. The Hall–Kier alpha value is 0.562. The topological polar surface area (TPSA) is 90.4 Å². The van der Waals surface area contributed by atoms with Gasteiger partial charge in [0.15, 0.2) is 0 Å². The standard InChI is InChI=1S/C20H20N4O4S.3Y/c1-21-23(11-17-13-27-17)15-3-7-19(8-4-15)29(25,26)20-9-5-16(6-10-20)24(22-2)12-18-14-28-18;;;/h1-10,17-18H,11-14H2;;;/q-2;;;.